The van der Waals surface area contributed by atoms with E-state index in [2.05, 4.69) is 18.2 Å². The zero-order valence-electron chi connectivity index (χ0n) is 10.4. The number of terminal acetylenes is 1. The number of aliphatic carboxylic acids is 1. The van der Waals surface area contributed by atoms with Gasteiger partial charge in [0.1, 0.15) is 5.54 Å². The van der Waals surface area contributed by atoms with Crippen LogP contribution < -0.4 is 5.32 Å². The minimum Gasteiger partial charge on any atom is -0.480 e. The third-order valence-corrected chi connectivity index (χ3v) is 2.83. The number of carbonyl (C=O) groups is 1. The topological polar surface area (TPSA) is 49.3 Å². The zero-order chi connectivity index (χ0) is 12.4. The molecule has 3 nitrogen and oxygen atoms in total. The number of nitrogens with one attached hydrogen (secondary N) is 1. The van der Waals surface area contributed by atoms with Crippen molar-refractivity contribution < 1.29 is 9.90 Å². The van der Waals surface area contributed by atoms with E-state index in [1.807, 2.05) is 0 Å². The monoisotopic (exact) mass is 225 g/mol. The molecular formula is C13H23NO2. The van der Waals surface area contributed by atoms with Crippen molar-refractivity contribution in [2.45, 2.75) is 57.9 Å². The van der Waals surface area contributed by atoms with Crippen molar-refractivity contribution in [3.8, 4) is 12.3 Å². The van der Waals surface area contributed by atoms with E-state index in [9.17, 15) is 4.79 Å². The average Bonchev–Trinajstić information content (AvgIpc) is 2.26. The van der Waals surface area contributed by atoms with Gasteiger partial charge in [0.2, 0.25) is 0 Å². The lowest BCUT2D eigenvalue weighted by molar-refractivity contribution is -0.144. The van der Waals surface area contributed by atoms with Crippen LogP contribution in [0.4, 0.5) is 0 Å². The SMILES string of the molecule is C#CCNC(C)(CCCCCCC)C(=O)O. The number of rotatable bonds is 9. The second-order valence-electron chi connectivity index (χ2n) is 4.36. The van der Waals surface area contributed by atoms with E-state index in [1.54, 1.807) is 6.92 Å². The van der Waals surface area contributed by atoms with Crippen LogP contribution in [0.3, 0.4) is 0 Å². The third kappa shape index (κ3) is 5.77. The second-order valence-corrected chi connectivity index (χ2v) is 4.36. The summed E-state index contributed by atoms with van der Waals surface area (Å²) in [4.78, 5) is 11.1. The van der Waals surface area contributed by atoms with Crippen molar-refractivity contribution in [2.24, 2.45) is 0 Å². The first-order chi connectivity index (χ1) is 7.56. The molecule has 0 rings (SSSR count). The predicted molar refractivity (Wildman–Crippen MR) is 66.3 cm³/mol. The summed E-state index contributed by atoms with van der Waals surface area (Å²) < 4.78 is 0. The lowest BCUT2D eigenvalue weighted by atomic mass is 9.94. The van der Waals surface area contributed by atoms with Crippen molar-refractivity contribution in [2.75, 3.05) is 6.54 Å². The Balaban J connectivity index is 3.94. The Labute approximate surface area is 98.6 Å². The van der Waals surface area contributed by atoms with Gasteiger partial charge < -0.3 is 5.11 Å². The largest absolute Gasteiger partial charge is 0.480 e. The lowest BCUT2D eigenvalue weighted by Gasteiger charge is -2.25. The fourth-order valence-electron chi connectivity index (χ4n) is 1.60. The molecule has 3 heteroatoms. The smallest absolute Gasteiger partial charge is 0.323 e. The molecule has 16 heavy (non-hydrogen) atoms. The number of unbranched alkanes of at least 4 members (excludes halogenated alkanes) is 4. The Morgan fingerprint density at radius 2 is 2.00 bits per heavy atom. The van der Waals surface area contributed by atoms with Gasteiger partial charge in [-0.1, -0.05) is 44.9 Å². The van der Waals surface area contributed by atoms with Crippen LogP contribution in [0.2, 0.25) is 0 Å². The molecule has 0 saturated carbocycles. The van der Waals surface area contributed by atoms with Gasteiger partial charge in [0.15, 0.2) is 0 Å². The molecule has 0 aromatic heterocycles. The van der Waals surface area contributed by atoms with Crippen LogP contribution in [0.25, 0.3) is 0 Å². The molecular weight excluding hydrogens is 202 g/mol. The highest BCUT2D eigenvalue weighted by atomic mass is 16.4. The molecule has 0 spiro atoms. The van der Waals surface area contributed by atoms with E-state index in [0.29, 0.717) is 13.0 Å². The predicted octanol–water partition coefficient (Wildman–Crippen LogP) is 2.41. The number of hydrogen-bond acceptors (Lipinski definition) is 2. The summed E-state index contributed by atoms with van der Waals surface area (Å²) in [5, 5.41) is 12.0. The molecule has 1 atom stereocenters. The number of carboxylic acid groups (broad SMARTS) is 1. The molecule has 92 valence electrons. The highest BCUT2D eigenvalue weighted by Gasteiger charge is 2.31. The van der Waals surface area contributed by atoms with E-state index in [1.165, 1.54) is 19.3 Å². The van der Waals surface area contributed by atoms with Crippen LogP contribution in [0.15, 0.2) is 0 Å². The fraction of sp³-hybridized carbons (Fsp3) is 0.769. The van der Waals surface area contributed by atoms with Gasteiger partial charge in [-0.15, -0.1) is 6.42 Å². The summed E-state index contributed by atoms with van der Waals surface area (Å²) in [6, 6.07) is 0. The normalized spacial score (nSPS) is 14.1. The molecule has 0 saturated heterocycles. The van der Waals surface area contributed by atoms with E-state index >= 15 is 0 Å². The van der Waals surface area contributed by atoms with Crippen LogP contribution >= 0.6 is 0 Å². The Hall–Kier alpha value is -1.01. The number of hydrogen-bond donors (Lipinski definition) is 2. The van der Waals surface area contributed by atoms with Gasteiger partial charge in [-0.25, -0.2) is 0 Å². The van der Waals surface area contributed by atoms with Crippen LogP contribution in [-0.4, -0.2) is 23.2 Å². The van der Waals surface area contributed by atoms with Gasteiger partial charge in [-0.05, 0) is 13.3 Å². The molecule has 0 heterocycles. The van der Waals surface area contributed by atoms with Gasteiger partial charge in [-0.3, -0.25) is 10.1 Å². The fourth-order valence-corrected chi connectivity index (χ4v) is 1.60. The second kappa shape index (κ2) is 8.18. The maximum absolute atomic E-state index is 11.1. The Morgan fingerprint density at radius 3 is 2.50 bits per heavy atom. The standard InChI is InChI=1S/C13H23NO2/c1-4-6-7-8-9-10-13(3,12(15)16)14-11-5-2/h2,14H,4,6-11H2,1,3H3,(H,15,16). The van der Waals surface area contributed by atoms with Gasteiger partial charge in [0.05, 0.1) is 6.54 Å². The first-order valence-electron chi connectivity index (χ1n) is 5.98. The first-order valence-corrected chi connectivity index (χ1v) is 5.98. The lowest BCUT2D eigenvalue weighted by Crippen LogP contribution is -2.49. The van der Waals surface area contributed by atoms with E-state index in [4.69, 9.17) is 11.5 Å². The minimum absolute atomic E-state index is 0.303. The van der Waals surface area contributed by atoms with E-state index in [-0.39, 0.29) is 0 Å². The van der Waals surface area contributed by atoms with Crippen molar-refractivity contribution in [3.05, 3.63) is 0 Å². The van der Waals surface area contributed by atoms with Crippen molar-refractivity contribution in [3.63, 3.8) is 0 Å². The van der Waals surface area contributed by atoms with Crippen molar-refractivity contribution >= 4 is 5.97 Å². The molecule has 0 fully saturated rings. The molecule has 0 bridgehead atoms. The van der Waals surface area contributed by atoms with Gasteiger partial charge in [0, 0.05) is 0 Å². The maximum atomic E-state index is 11.1. The summed E-state index contributed by atoms with van der Waals surface area (Å²) in [5.41, 5.74) is -0.876. The molecule has 0 aromatic rings. The van der Waals surface area contributed by atoms with Crippen LogP contribution in [0.5, 0.6) is 0 Å². The van der Waals surface area contributed by atoms with E-state index < -0.39 is 11.5 Å². The van der Waals surface area contributed by atoms with Gasteiger partial charge in [0.25, 0.3) is 0 Å². The Kier molecular flexibility index (Phi) is 7.66. The molecule has 0 aliphatic heterocycles. The molecule has 1 unspecified atom stereocenters. The Bertz CT molecular complexity index is 245. The highest BCUT2D eigenvalue weighted by molar-refractivity contribution is 5.78. The molecule has 2 N–H and O–H groups in total. The highest BCUT2D eigenvalue weighted by Crippen LogP contribution is 2.16. The van der Waals surface area contributed by atoms with E-state index in [0.717, 1.165) is 12.8 Å². The summed E-state index contributed by atoms with van der Waals surface area (Å²) in [5.74, 6) is 1.59. The Morgan fingerprint density at radius 1 is 1.38 bits per heavy atom. The summed E-state index contributed by atoms with van der Waals surface area (Å²) in [6.07, 6.45) is 11.4. The quantitative estimate of drug-likeness (QED) is 0.468. The summed E-state index contributed by atoms with van der Waals surface area (Å²) in [7, 11) is 0. The van der Waals surface area contributed by atoms with Gasteiger partial charge >= 0.3 is 5.97 Å². The molecule has 0 radical (unpaired) electrons. The van der Waals surface area contributed by atoms with Crippen LogP contribution in [0.1, 0.15) is 52.4 Å². The average molecular weight is 225 g/mol. The molecule has 0 amide bonds. The van der Waals surface area contributed by atoms with Crippen LogP contribution in [0, 0.1) is 12.3 Å². The maximum Gasteiger partial charge on any atom is 0.323 e. The van der Waals surface area contributed by atoms with Crippen molar-refractivity contribution in [1.82, 2.24) is 5.32 Å². The van der Waals surface area contributed by atoms with Gasteiger partial charge in [-0.2, -0.15) is 0 Å². The third-order valence-electron chi connectivity index (χ3n) is 2.83. The molecule has 0 aliphatic carbocycles. The summed E-state index contributed by atoms with van der Waals surface area (Å²) >= 11 is 0. The number of carboxylic acids is 1. The minimum atomic E-state index is -0.876. The summed E-state index contributed by atoms with van der Waals surface area (Å²) in [6.45, 7) is 4.17. The van der Waals surface area contributed by atoms with Crippen molar-refractivity contribution in [1.29, 1.82) is 0 Å². The zero-order valence-corrected chi connectivity index (χ0v) is 10.4. The molecule has 0 aliphatic rings. The molecule has 0 aromatic carbocycles. The van der Waals surface area contributed by atoms with Crippen LogP contribution in [-0.2, 0) is 4.79 Å². The first kappa shape index (κ1) is 15.0.